The van der Waals surface area contributed by atoms with Crippen LogP contribution in [0.1, 0.15) is 0 Å². The predicted octanol–water partition coefficient (Wildman–Crippen LogP) is 3.68. The van der Waals surface area contributed by atoms with Gasteiger partial charge in [-0.1, -0.05) is 48.0 Å². The van der Waals surface area contributed by atoms with E-state index in [-0.39, 0.29) is 16.5 Å². The minimum atomic E-state index is -0.386. The van der Waals surface area contributed by atoms with Crippen LogP contribution < -0.4 is 10.3 Å². The van der Waals surface area contributed by atoms with Crippen LogP contribution in [0.15, 0.2) is 71.5 Å². The summed E-state index contributed by atoms with van der Waals surface area (Å²) in [5.41, 5.74) is 0.242. The highest BCUT2D eigenvalue weighted by atomic mass is 35.5. The molecule has 0 aliphatic heterocycles. The topological polar surface area (TPSA) is 44.1 Å². The van der Waals surface area contributed by atoms with E-state index in [4.69, 9.17) is 16.3 Å². The fraction of sp³-hybridized carbons (Fsp3) is 0. The van der Waals surface area contributed by atoms with Gasteiger partial charge in [-0.2, -0.15) is 4.68 Å². The quantitative estimate of drug-likeness (QED) is 0.741. The van der Waals surface area contributed by atoms with E-state index >= 15 is 0 Å². The Hall–Kier alpha value is -2.59. The molecule has 104 valence electrons. The molecule has 0 N–H and O–H groups in total. The number of nitrogens with zero attached hydrogens (tertiary/aromatic N) is 2. The zero-order valence-corrected chi connectivity index (χ0v) is 11.7. The SMILES string of the molecule is O=c1c(Cl)cc(Oc2ccccc2)nn1-c1ccccc1. The lowest BCUT2D eigenvalue weighted by Crippen LogP contribution is -2.21. The van der Waals surface area contributed by atoms with E-state index in [1.165, 1.54) is 10.7 Å². The third kappa shape index (κ3) is 2.95. The molecule has 0 spiro atoms. The molecule has 1 aromatic heterocycles. The standard InChI is InChI=1S/C16H11ClN2O2/c17-14-11-15(21-13-9-5-2-6-10-13)18-19(16(14)20)12-7-3-1-4-8-12/h1-11H. The third-order valence-corrected chi connectivity index (χ3v) is 3.08. The van der Waals surface area contributed by atoms with Crippen molar-refractivity contribution >= 4 is 11.6 Å². The molecule has 4 nitrogen and oxygen atoms in total. The lowest BCUT2D eigenvalue weighted by atomic mass is 10.3. The minimum absolute atomic E-state index is 0.0554. The van der Waals surface area contributed by atoms with Gasteiger partial charge >= 0.3 is 0 Å². The molecule has 2 aromatic carbocycles. The van der Waals surface area contributed by atoms with Crippen LogP contribution >= 0.6 is 11.6 Å². The molecule has 3 aromatic rings. The maximum atomic E-state index is 12.1. The number of hydrogen-bond acceptors (Lipinski definition) is 3. The first-order valence-corrected chi connectivity index (χ1v) is 6.70. The fourth-order valence-corrected chi connectivity index (χ4v) is 2.02. The Labute approximate surface area is 126 Å². The van der Waals surface area contributed by atoms with Gasteiger partial charge in [-0.05, 0) is 24.3 Å². The molecule has 21 heavy (non-hydrogen) atoms. The lowest BCUT2D eigenvalue weighted by molar-refractivity contribution is 0.447. The molecule has 0 aliphatic carbocycles. The van der Waals surface area contributed by atoms with Crippen LogP contribution in [0.5, 0.6) is 11.6 Å². The Bertz CT molecular complexity index is 802. The van der Waals surface area contributed by atoms with Crippen LogP contribution in [0, 0.1) is 0 Å². The summed E-state index contributed by atoms with van der Waals surface area (Å²) in [5.74, 6) is 0.883. The molecule has 0 amide bonds. The van der Waals surface area contributed by atoms with Crippen molar-refractivity contribution < 1.29 is 4.74 Å². The minimum Gasteiger partial charge on any atom is -0.438 e. The normalized spacial score (nSPS) is 10.3. The molecular weight excluding hydrogens is 288 g/mol. The summed E-state index contributed by atoms with van der Waals surface area (Å²) in [4.78, 5) is 12.1. The summed E-state index contributed by atoms with van der Waals surface area (Å²) in [6.45, 7) is 0. The zero-order valence-electron chi connectivity index (χ0n) is 10.9. The number of rotatable bonds is 3. The molecule has 0 saturated carbocycles. The summed E-state index contributed by atoms with van der Waals surface area (Å²) in [5, 5.41) is 4.25. The van der Waals surface area contributed by atoms with E-state index in [0.29, 0.717) is 11.4 Å². The van der Waals surface area contributed by atoms with Crippen molar-refractivity contribution in [3.05, 3.63) is 82.1 Å². The highest BCUT2D eigenvalue weighted by Crippen LogP contribution is 2.20. The second-order valence-corrected chi connectivity index (χ2v) is 4.71. The molecule has 0 aliphatic rings. The van der Waals surface area contributed by atoms with Gasteiger partial charge in [-0.3, -0.25) is 4.79 Å². The fourth-order valence-electron chi connectivity index (χ4n) is 1.85. The summed E-state index contributed by atoms with van der Waals surface area (Å²) >= 11 is 5.98. The van der Waals surface area contributed by atoms with Gasteiger partial charge in [0.05, 0.1) is 5.69 Å². The molecule has 5 heteroatoms. The number of para-hydroxylation sites is 2. The largest absolute Gasteiger partial charge is 0.438 e. The van der Waals surface area contributed by atoms with E-state index in [1.54, 1.807) is 24.3 Å². The number of benzene rings is 2. The van der Waals surface area contributed by atoms with Crippen molar-refractivity contribution in [2.75, 3.05) is 0 Å². The Morgan fingerprint density at radius 3 is 2.24 bits per heavy atom. The maximum Gasteiger partial charge on any atom is 0.290 e. The van der Waals surface area contributed by atoms with Gasteiger partial charge in [0.15, 0.2) is 0 Å². The van der Waals surface area contributed by atoms with Crippen molar-refractivity contribution in [2.45, 2.75) is 0 Å². The van der Waals surface area contributed by atoms with Gasteiger partial charge in [0.2, 0.25) is 5.88 Å². The van der Waals surface area contributed by atoms with Crippen molar-refractivity contribution in [2.24, 2.45) is 0 Å². The molecule has 0 saturated heterocycles. The van der Waals surface area contributed by atoms with E-state index < -0.39 is 0 Å². The van der Waals surface area contributed by atoms with Gasteiger partial charge in [0.25, 0.3) is 5.56 Å². The van der Waals surface area contributed by atoms with Crippen molar-refractivity contribution in [1.82, 2.24) is 9.78 Å². The van der Waals surface area contributed by atoms with Gasteiger partial charge in [-0.25, -0.2) is 0 Å². The molecule has 0 fully saturated rings. The Kier molecular flexibility index (Phi) is 3.71. The monoisotopic (exact) mass is 298 g/mol. The molecule has 0 unspecified atom stereocenters. The van der Waals surface area contributed by atoms with E-state index in [0.717, 1.165) is 0 Å². The van der Waals surface area contributed by atoms with Crippen LogP contribution in [0.3, 0.4) is 0 Å². The van der Waals surface area contributed by atoms with Gasteiger partial charge < -0.3 is 4.74 Å². The summed E-state index contributed by atoms with van der Waals surface area (Å²) < 4.78 is 6.84. The van der Waals surface area contributed by atoms with Gasteiger partial charge in [0.1, 0.15) is 10.8 Å². The molecule has 3 rings (SSSR count). The van der Waals surface area contributed by atoms with Crippen LogP contribution in [0.25, 0.3) is 5.69 Å². The van der Waals surface area contributed by atoms with Crippen LogP contribution in [-0.4, -0.2) is 9.78 Å². The summed E-state index contributed by atoms with van der Waals surface area (Å²) in [6.07, 6.45) is 0. The highest BCUT2D eigenvalue weighted by Gasteiger charge is 2.09. The smallest absolute Gasteiger partial charge is 0.290 e. The summed E-state index contributed by atoms with van der Waals surface area (Å²) in [7, 11) is 0. The first-order valence-electron chi connectivity index (χ1n) is 6.32. The van der Waals surface area contributed by atoms with Crippen molar-refractivity contribution in [1.29, 1.82) is 0 Å². The molecule has 0 radical (unpaired) electrons. The van der Waals surface area contributed by atoms with E-state index in [9.17, 15) is 4.79 Å². The van der Waals surface area contributed by atoms with E-state index in [1.807, 2.05) is 36.4 Å². The second-order valence-electron chi connectivity index (χ2n) is 4.30. The average molecular weight is 299 g/mol. The predicted molar refractivity (Wildman–Crippen MR) is 81.4 cm³/mol. The maximum absolute atomic E-state index is 12.1. The number of halogens is 1. The lowest BCUT2D eigenvalue weighted by Gasteiger charge is -2.09. The highest BCUT2D eigenvalue weighted by molar-refractivity contribution is 6.30. The molecule has 1 heterocycles. The van der Waals surface area contributed by atoms with E-state index in [2.05, 4.69) is 5.10 Å². The average Bonchev–Trinajstić information content (AvgIpc) is 2.52. The molecule has 0 atom stereocenters. The summed E-state index contributed by atoms with van der Waals surface area (Å²) in [6, 6.07) is 19.7. The number of hydrogen-bond donors (Lipinski definition) is 0. The van der Waals surface area contributed by atoms with Crippen LogP contribution in [0.2, 0.25) is 5.02 Å². The first-order chi connectivity index (χ1) is 10.2. The Balaban J connectivity index is 2.04. The van der Waals surface area contributed by atoms with Gasteiger partial charge in [-0.15, -0.1) is 5.10 Å². The second kappa shape index (κ2) is 5.81. The molecular formula is C16H11ClN2O2. The third-order valence-electron chi connectivity index (χ3n) is 2.81. The first kappa shape index (κ1) is 13.4. The number of ether oxygens (including phenoxy) is 1. The van der Waals surface area contributed by atoms with Gasteiger partial charge in [0, 0.05) is 6.07 Å². The molecule has 0 bridgehead atoms. The van der Waals surface area contributed by atoms with Crippen LogP contribution in [0.4, 0.5) is 0 Å². The van der Waals surface area contributed by atoms with Crippen molar-refractivity contribution in [3.8, 4) is 17.3 Å². The zero-order chi connectivity index (χ0) is 14.7. The Morgan fingerprint density at radius 2 is 1.57 bits per heavy atom. The van der Waals surface area contributed by atoms with Crippen molar-refractivity contribution in [3.63, 3.8) is 0 Å². The number of aromatic nitrogens is 2. The Morgan fingerprint density at radius 1 is 0.952 bits per heavy atom. The van der Waals surface area contributed by atoms with Crippen LogP contribution in [-0.2, 0) is 0 Å².